The minimum Gasteiger partial charge on any atom is -0.394 e. The number of aliphatic hydroxyl groups is 1. The van der Waals surface area contributed by atoms with Crippen molar-refractivity contribution in [1.29, 1.82) is 0 Å². The monoisotopic (exact) mass is 282 g/mol. The standard InChI is InChI=1S/C17H34N2O/c1-4-16-8-6-5-7-11-19(16)14(2)12-17(3,13-20)18-15-9-10-15/h14-16,18,20H,4-13H2,1-3H3. The van der Waals surface area contributed by atoms with E-state index in [-0.39, 0.29) is 12.1 Å². The first-order chi connectivity index (χ1) is 9.58. The fourth-order valence-corrected chi connectivity index (χ4v) is 3.88. The Bertz CT molecular complexity index is 293. The lowest BCUT2D eigenvalue weighted by molar-refractivity contribution is 0.0861. The second-order valence-corrected chi connectivity index (χ2v) is 7.34. The molecule has 118 valence electrons. The molecule has 1 saturated heterocycles. The van der Waals surface area contributed by atoms with Crippen molar-refractivity contribution < 1.29 is 5.11 Å². The van der Waals surface area contributed by atoms with E-state index in [4.69, 9.17) is 0 Å². The zero-order valence-corrected chi connectivity index (χ0v) is 13.7. The molecule has 2 N–H and O–H groups in total. The first-order valence-corrected chi connectivity index (χ1v) is 8.72. The fourth-order valence-electron chi connectivity index (χ4n) is 3.88. The molecule has 0 aromatic heterocycles. The number of likely N-dealkylation sites (tertiary alicyclic amines) is 1. The van der Waals surface area contributed by atoms with Gasteiger partial charge in [0.05, 0.1) is 6.61 Å². The van der Waals surface area contributed by atoms with Crippen molar-refractivity contribution in [1.82, 2.24) is 10.2 Å². The minimum atomic E-state index is -0.106. The van der Waals surface area contributed by atoms with Crippen LogP contribution >= 0.6 is 0 Å². The molecule has 0 bridgehead atoms. The van der Waals surface area contributed by atoms with E-state index in [0.29, 0.717) is 12.1 Å². The molecule has 3 nitrogen and oxygen atoms in total. The van der Waals surface area contributed by atoms with Crippen LogP contribution in [0.2, 0.25) is 0 Å². The molecule has 3 heteroatoms. The van der Waals surface area contributed by atoms with Crippen LogP contribution in [0.5, 0.6) is 0 Å². The molecule has 0 aromatic rings. The average molecular weight is 282 g/mol. The van der Waals surface area contributed by atoms with E-state index in [0.717, 1.165) is 12.5 Å². The van der Waals surface area contributed by atoms with Crippen LogP contribution in [0, 0.1) is 0 Å². The van der Waals surface area contributed by atoms with Gasteiger partial charge in [0.1, 0.15) is 0 Å². The van der Waals surface area contributed by atoms with Gasteiger partial charge in [-0.15, -0.1) is 0 Å². The maximum atomic E-state index is 9.81. The van der Waals surface area contributed by atoms with Crippen LogP contribution < -0.4 is 5.32 Å². The summed E-state index contributed by atoms with van der Waals surface area (Å²) in [6.45, 7) is 8.36. The summed E-state index contributed by atoms with van der Waals surface area (Å²) in [4.78, 5) is 2.72. The molecule has 2 aliphatic rings. The molecule has 3 unspecified atom stereocenters. The normalized spacial score (nSPS) is 29.7. The third-order valence-corrected chi connectivity index (χ3v) is 5.18. The molecular formula is C17H34N2O. The Morgan fingerprint density at radius 2 is 2.00 bits per heavy atom. The van der Waals surface area contributed by atoms with Crippen molar-refractivity contribution >= 4 is 0 Å². The summed E-state index contributed by atoms with van der Waals surface area (Å²) in [6, 6.07) is 1.96. The molecule has 1 aliphatic carbocycles. The highest BCUT2D eigenvalue weighted by atomic mass is 16.3. The maximum absolute atomic E-state index is 9.81. The molecule has 0 amide bonds. The Morgan fingerprint density at radius 1 is 1.25 bits per heavy atom. The number of nitrogens with zero attached hydrogens (tertiary/aromatic N) is 1. The van der Waals surface area contributed by atoms with Crippen LogP contribution in [0.4, 0.5) is 0 Å². The van der Waals surface area contributed by atoms with Crippen molar-refractivity contribution in [3.05, 3.63) is 0 Å². The highest BCUT2D eigenvalue weighted by Crippen LogP contribution is 2.28. The molecule has 20 heavy (non-hydrogen) atoms. The highest BCUT2D eigenvalue weighted by molar-refractivity contribution is 4.95. The lowest BCUT2D eigenvalue weighted by Crippen LogP contribution is -2.53. The van der Waals surface area contributed by atoms with Crippen molar-refractivity contribution in [2.24, 2.45) is 0 Å². The summed E-state index contributed by atoms with van der Waals surface area (Å²) in [7, 11) is 0. The largest absolute Gasteiger partial charge is 0.394 e. The van der Waals surface area contributed by atoms with Crippen molar-refractivity contribution in [3.8, 4) is 0 Å². The predicted octanol–water partition coefficient (Wildman–Crippen LogP) is 2.92. The number of nitrogens with one attached hydrogen (secondary N) is 1. The van der Waals surface area contributed by atoms with Crippen LogP contribution in [0.15, 0.2) is 0 Å². The van der Waals surface area contributed by atoms with Crippen molar-refractivity contribution in [2.45, 2.75) is 95.8 Å². The Labute approximate surface area is 125 Å². The maximum Gasteiger partial charge on any atom is 0.0611 e. The summed E-state index contributed by atoms with van der Waals surface area (Å²) < 4.78 is 0. The Balaban J connectivity index is 1.94. The van der Waals surface area contributed by atoms with E-state index < -0.39 is 0 Å². The van der Waals surface area contributed by atoms with Crippen LogP contribution in [0.1, 0.15) is 72.1 Å². The summed E-state index contributed by atoms with van der Waals surface area (Å²) in [5.41, 5.74) is -0.106. The van der Waals surface area contributed by atoms with Gasteiger partial charge in [0.2, 0.25) is 0 Å². The molecule has 2 fully saturated rings. The molecule has 1 saturated carbocycles. The molecule has 2 rings (SSSR count). The van der Waals surface area contributed by atoms with Gasteiger partial charge in [-0.2, -0.15) is 0 Å². The first kappa shape index (κ1) is 16.3. The molecular weight excluding hydrogens is 248 g/mol. The minimum absolute atomic E-state index is 0.106. The van der Waals surface area contributed by atoms with Gasteiger partial charge in [0.15, 0.2) is 0 Å². The Hall–Kier alpha value is -0.120. The van der Waals surface area contributed by atoms with Crippen molar-refractivity contribution in [3.63, 3.8) is 0 Å². The van der Waals surface area contributed by atoms with E-state index in [9.17, 15) is 5.11 Å². The highest BCUT2D eigenvalue weighted by Gasteiger charge is 2.35. The van der Waals surface area contributed by atoms with Gasteiger partial charge in [0.25, 0.3) is 0 Å². The van der Waals surface area contributed by atoms with Gasteiger partial charge < -0.3 is 10.4 Å². The quantitative estimate of drug-likeness (QED) is 0.753. The lowest BCUT2D eigenvalue weighted by atomic mass is 9.92. The summed E-state index contributed by atoms with van der Waals surface area (Å²) in [5.74, 6) is 0. The van der Waals surface area contributed by atoms with Gasteiger partial charge in [-0.3, -0.25) is 4.90 Å². The van der Waals surface area contributed by atoms with E-state index >= 15 is 0 Å². The summed E-state index contributed by atoms with van der Waals surface area (Å²) in [6.07, 6.45) is 10.3. The van der Waals surface area contributed by atoms with Crippen LogP contribution in [0.3, 0.4) is 0 Å². The molecule has 0 radical (unpaired) electrons. The van der Waals surface area contributed by atoms with E-state index in [1.54, 1.807) is 0 Å². The van der Waals surface area contributed by atoms with E-state index in [1.165, 1.54) is 51.5 Å². The van der Waals surface area contributed by atoms with Gasteiger partial charge in [-0.25, -0.2) is 0 Å². The summed E-state index contributed by atoms with van der Waals surface area (Å²) >= 11 is 0. The number of hydrogen-bond acceptors (Lipinski definition) is 3. The zero-order valence-electron chi connectivity index (χ0n) is 13.7. The van der Waals surface area contributed by atoms with Crippen molar-refractivity contribution in [2.75, 3.05) is 13.2 Å². The smallest absolute Gasteiger partial charge is 0.0611 e. The number of rotatable bonds is 7. The van der Waals surface area contributed by atoms with E-state index in [1.807, 2.05) is 0 Å². The molecule has 1 heterocycles. The predicted molar refractivity (Wildman–Crippen MR) is 85.0 cm³/mol. The number of aliphatic hydroxyl groups excluding tert-OH is 1. The zero-order chi connectivity index (χ0) is 14.6. The van der Waals surface area contributed by atoms with Crippen LogP contribution in [-0.2, 0) is 0 Å². The van der Waals surface area contributed by atoms with Gasteiger partial charge in [-0.1, -0.05) is 19.8 Å². The first-order valence-electron chi connectivity index (χ1n) is 8.72. The van der Waals surface area contributed by atoms with Gasteiger partial charge in [0, 0.05) is 23.7 Å². The number of hydrogen-bond donors (Lipinski definition) is 2. The van der Waals surface area contributed by atoms with Gasteiger partial charge >= 0.3 is 0 Å². The van der Waals surface area contributed by atoms with Crippen LogP contribution in [-0.4, -0.2) is 46.8 Å². The van der Waals surface area contributed by atoms with E-state index in [2.05, 4.69) is 31.0 Å². The molecule has 3 atom stereocenters. The topological polar surface area (TPSA) is 35.5 Å². The third-order valence-electron chi connectivity index (χ3n) is 5.18. The molecule has 1 aliphatic heterocycles. The summed E-state index contributed by atoms with van der Waals surface area (Å²) in [5, 5.41) is 13.5. The van der Waals surface area contributed by atoms with Gasteiger partial charge in [-0.05, 0) is 58.9 Å². The third kappa shape index (κ3) is 4.44. The second-order valence-electron chi connectivity index (χ2n) is 7.34. The average Bonchev–Trinajstić information content (AvgIpc) is 3.24. The lowest BCUT2D eigenvalue weighted by Gasteiger charge is -2.40. The molecule has 0 aromatic carbocycles. The second kappa shape index (κ2) is 7.24. The SMILES string of the molecule is CCC1CCCCCN1C(C)CC(C)(CO)NC1CC1. The van der Waals surface area contributed by atoms with Crippen LogP contribution in [0.25, 0.3) is 0 Å². The molecule has 0 spiro atoms. The Morgan fingerprint density at radius 3 is 2.60 bits per heavy atom. The Kier molecular flexibility index (Phi) is 5.88. The fraction of sp³-hybridized carbons (Fsp3) is 1.00.